The Hall–Kier alpha value is -1.43. The maximum atomic E-state index is 11.7. The Morgan fingerprint density at radius 3 is 2.42 bits per heavy atom. The lowest BCUT2D eigenvalue weighted by Crippen LogP contribution is -2.12. The second-order valence-corrected chi connectivity index (χ2v) is 3.98. The fourth-order valence-electron chi connectivity index (χ4n) is 1.50. The molecule has 0 atom stereocenters. The van der Waals surface area contributed by atoms with Crippen LogP contribution in [0.5, 0.6) is 0 Å². The first-order valence-electron chi connectivity index (χ1n) is 6.30. The van der Waals surface area contributed by atoms with Gasteiger partial charge in [-0.2, -0.15) is 0 Å². The number of ether oxygens (including phenoxy) is 3. The minimum absolute atomic E-state index is 0.243. The number of hydrogen-bond acceptors (Lipinski definition) is 5. The van der Waals surface area contributed by atoms with Crippen molar-refractivity contribution >= 4 is 5.97 Å². The second kappa shape index (κ2) is 9.49. The van der Waals surface area contributed by atoms with Gasteiger partial charge in [0.05, 0.1) is 25.4 Å². The van der Waals surface area contributed by atoms with Gasteiger partial charge in [0, 0.05) is 7.11 Å². The van der Waals surface area contributed by atoms with Crippen molar-refractivity contribution in [2.45, 2.75) is 6.42 Å². The summed E-state index contributed by atoms with van der Waals surface area (Å²) in [4.78, 5) is 11.7. The summed E-state index contributed by atoms with van der Waals surface area (Å²) in [5.41, 5.74) is 7.11. The van der Waals surface area contributed by atoms with Crippen LogP contribution in [0, 0.1) is 0 Å². The van der Waals surface area contributed by atoms with Crippen molar-refractivity contribution in [3.63, 3.8) is 0 Å². The van der Waals surface area contributed by atoms with E-state index < -0.39 is 0 Å². The van der Waals surface area contributed by atoms with Crippen LogP contribution in [-0.2, 0) is 20.6 Å². The Bertz CT molecular complexity index is 364. The van der Waals surface area contributed by atoms with E-state index in [-0.39, 0.29) is 12.6 Å². The molecule has 0 saturated carbocycles. The number of carbonyl (C=O) groups excluding carboxylic acids is 1. The molecule has 0 heterocycles. The lowest BCUT2D eigenvalue weighted by Gasteiger charge is -2.06. The summed E-state index contributed by atoms with van der Waals surface area (Å²) in [6.07, 6.45) is 0.808. The van der Waals surface area contributed by atoms with Crippen LogP contribution in [-0.4, -0.2) is 46.1 Å². The second-order valence-electron chi connectivity index (χ2n) is 3.98. The van der Waals surface area contributed by atoms with Gasteiger partial charge in [0.2, 0.25) is 0 Å². The fourth-order valence-corrected chi connectivity index (χ4v) is 1.50. The van der Waals surface area contributed by atoms with Gasteiger partial charge in [-0.3, -0.25) is 0 Å². The van der Waals surface area contributed by atoms with E-state index in [0.29, 0.717) is 31.9 Å². The molecule has 1 aromatic carbocycles. The Morgan fingerprint density at radius 2 is 1.79 bits per heavy atom. The SMILES string of the molecule is COCCOCCOC(=O)c1ccc(CCN)cc1. The highest BCUT2D eigenvalue weighted by atomic mass is 16.6. The normalized spacial score (nSPS) is 10.4. The van der Waals surface area contributed by atoms with Crippen LogP contribution in [0.4, 0.5) is 0 Å². The number of hydrogen-bond donors (Lipinski definition) is 1. The van der Waals surface area contributed by atoms with Gasteiger partial charge in [-0.1, -0.05) is 12.1 Å². The summed E-state index contributed by atoms with van der Waals surface area (Å²) in [6, 6.07) is 7.27. The molecule has 0 spiro atoms. The predicted octanol–water partition coefficient (Wildman–Crippen LogP) is 1.01. The molecule has 0 aliphatic heterocycles. The lowest BCUT2D eigenvalue weighted by molar-refractivity contribution is 0.0214. The summed E-state index contributed by atoms with van der Waals surface area (Å²) in [7, 11) is 1.61. The van der Waals surface area contributed by atoms with Gasteiger partial charge >= 0.3 is 5.97 Å². The van der Waals surface area contributed by atoms with Crippen LogP contribution >= 0.6 is 0 Å². The first-order chi connectivity index (χ1) is 9.27. The van der Waals surface area contributed by atoms with Gasteiger partial charge in [-0.25, -0.2) is 4.79 Å². The van der Waals surface area contributed by atoms with Crippen LogP contribution < -0.4 is 5.73 Å². The maximum absolute atomic E-state index is 11.7. The van der Waals surface area contributed by atoms with Crippen molar-refractivity contribution < 1.29 is 19.0 Å². The third-order valence-electron chi connectivity index (χ3n) is 2.52. The molecule has 0 aromatic heterocycles. The van der Waals surface area contributed by atoms with E-state index in [1.165, 1.54) is 0 Å². The number of nitrogens with two attached hydrogens (primary N) is 1. The van der Waals surface area contributed by atoms with Gasteiger partial charge in [0.15, 0.2) is 0 Å². The zero-order valence-corrected chi connectivity index (χ0v) is 11.3. The van der Waals surface area contributed by atoms with Crippen LogP contribution in [0.3, 0.4) is 0 Å². The number of esters is 1. The van der Waals surface area contributed by atoms with Gasteiger partial charge in [-0.15, -0.1) is 0 Å². The molecule has 0 amide bonds. The van der Waals surface area contributed by atoms with E-state index in [2.05, 4.69) is 0 Å². The average molecular weight is 267 g/mol. The molecular weight excluding hydrogens is 246 g/mol. The van der Waals surface area contributed by atoms with E-state index in [0.717, 1.165) is 12.0 Å². The molecule has 0 saturated heterocycles. The number of rotatable bonds is 9. The van der Waals surface area contributed by atoms with Crippen molar-refractivity contribution in [1.82, 2.24) is 0 Å². The topological polar surface area (TPSA) is 70.8 Å². The highest BCUT2D eigenvalue weighted by molar-refractivity contribution is 5.89. The van der Waals surface area contributed by atoms with E-state index in [4.69, 9.17) is 19.9 Å². The third kappa shape index (κ3) is 6.33. The first-order valence-corrected chi connectivity index (χ1v) is 6.30. The van der Waals surface area contributed by atoms with Crippen molar-refractivity contribution in [3.05, 3.63) is 35.4 Å². The van der Waals surface area contributed by atoms with Crippen molar-refractivity contribution in [3.8, 4) is 0 Å². The van der Waals surface area contributed by atoms with Crippen LogP contribution in [0.1, 0.15) is 15.9 Å². The molecule has 0 fully saturated rings. The Balaban J connectivity index is 2.25. The Kier molecular flexibility index (Phi) is 7.81. The molecule has 5 heteroatoms. The first kappa shape index (κ1) is 15.6. The largest absolute Gasteiger partial charge is 0.460 e. The molecule has 0 bridgehead atoms. The van der Waals surface area contributed by atoms with Gasteiger partial charge in [-0.05, 0) is 30.7 Å². The van der Waals surface area contributed by atoms with Crippen LogP contribution in [0.25, 0.3) is 0 Å². The molecule has 0 aliphatic rings. The molecule has 0 radical (unpaired) electrons. The summed E-state index contributed by atoms with van der Waals surface area (Å²) in [6.45, 7) is 2.26. The third-order valence-corrected chi connectivity index (χ3v) is 2.52. The van der Waals surface area contributed by atoms with Crippen molar-refractivity contribution in [2.24, 2.45) is 5.73 Å². The summed E-state index contributed by atoms with van der Waals surface area (Å²) in [5.74, 6) is -0.338. The highest BCUT2D eigenvalue weighted by Crippen LogP contribution is 2.06. The molecule has 1 rings (SSSR count). The minimum Gasteiger partial charge on any atom is -0.460 e. The van der Waals surface area contributed by atoms with Crippen molar-refractivity contribution in [2.75, 3.05) is 40.1 Å². The fraction of sp³-hybridized carbons (Fsp3) is 0.500. The van der Waals surface area contributed by atoms with Gasteiger partial charge in [0.1, 0.15) is 6.61 Å². The molecule has 1 aromatic rings. The van der Waals surface area contributed by atoms with E-state index >= 15 is 0 Å². The number of benzene rings is 1. The van der Waals surface area contributed by atoms with Crippen LogP contribution in [0.2, 0.25) is 0 Å². The lowest BCUT2D eigenvalue weighted by atomic mass is 10.1. The molecule has 106 valence electrons. The maximum Gasteiger partial charge on any atom is 0.338 e. The Labute approximate surface area is 113 Å². The minimum atomic E-state index is -0.338. The zero-order chi connectivity index (χ0) is 13.9. The smallest absolute Gasteiger partial charge is 0.338 e. The zero-order valence-electron chi connectivity index (χ0n) is 11.3. The van der Waals surface area contributed by atoms with Gasteiger partial charge in [0.25, 0.3) is 0 Å². The number of carbonyl (C=O) groups is 1. The average Bonchev–Trinajstić information content (AvgIpc) is 2.43. The predicted molar refractivity (Wildman–Crippen MR) is 72.2 cm³/mol. The Morgan fingerprint density at radius 1 is 1.11 bits per heavy atom. The summed E-state index contributed by atoms with van der Waals surface area (Å²) in [5, 5.41) is 0. The molecule has 2 N–H and O–H groups in total. The molecule has 19 heavy (non-hydrogen) atoms. The molecule has 0 aliphatic carbocycles. The van der Waals surface area contributed by atoms with E-state index in [1.54, 1.807) is 19.2 Å². The standard InChI is InChI=1S/C14H21NO4/c1-17-8-9-18-10-11-19-14(16)13-4-2-12(3-5-13)6-7-15/h2-5H,6-11,15H2,1H3. The van der Waals surface area contributed by atoms with Crippen LogP contribution in [0.15, 0.2) is 24.3 Å². The number of methoxy groups -OCH3 is 1. The molecule has 0 unspecified atom stereocenters. The van der Waals surface area contributed by atoms with E-state index in [1.807, 2.05) is 12.1 Å². The van der Waals surface area contributed by atoms with Crippen molar-refractivity contribution in [1.29, 1.82) is 0 Å². The highest BCUT2D eigenvalue weighted by Gasteiger charge is 2.06. The summed E-state index contributed by atoms with van der Waals surface area (Å²) >= 11 is 0. The monoisotopic (exact) mass is 267 g/mol. The van der Waals surface area contributed by atoms with E-state index in [9.17, 15) is 4.79 Å². The quantitative estimate of drug-likeness (QED) is 0.534. The summed E-state index contributed by atoms with van der Waals surface area (Å²) < 4.78 is 15.1. The molecular formula is C14H21NO4. The molecule has 5 nitrogen and oxygen atoms in total. The van der Waals surface area contributed by atoms with Gasteiger partial charge < -0.3 is 19.9 Å².